The van der Waals surface area contributed by atoms with E-state index in [1.807, 2.05) is 6.92 Å². The normalized spacial score (nSPS) is 11.4. The van der Waals surface area contributed by atoms with Gasteiger partial charge < -0.3 is 19.3 Å². The number of rotatable bonds is 6. The van der Waals surface area contributed by atoms with Gasteiger partial charge in [0.1, 0.15) is 18.1 Å². The van der Waals surface area contributed by atoms with Crippen LogP contribution in [0.2, 0.25) is 0 Å². The minimum absolute atomic E-state index is 0.0668. The van der Waals surface area contributed by atoms with Crippen molar-refractivity contribution in [3.05, 3.63) is 59.7 Å². The molecule has 132 valence electrons. The van der Waals surface area contributed by atoms with Crippen LogP contribution in [0.1, 0.15) is 35.7 Å². The second-order valence-electron chi connectivity index (χ2n) is 5.37. The van der Waals surface area contributed by atoms with Crippen LogP contribution in [0.5, 0.6) is 11.5 Å². The van der Waals surface area contributed by atoms with Crippen LogP contribution in [0.4, 0.5) is 4.79 Å². The lowest BCUT2D eigenvalue weighted by molar-refractivity contribution is 0.0526. The molecule has 25 heavy (non-hydrogen) atoms. The number of benzene rings is 2. The average Bonchev–Trinajstić information content (AvgIpc) is 2.61. The Hall–Kier alpha value is -3.02. The predicted octanol–water partition coefficient (Wildman–Crippen LogP) is 3.89. The summed E-state index contributed by atoms with van der Waals surface area (Å²) in [5.41, 5.74) is 1.06. The number of esters is 1. The van der Waals surface area contributed by atoms with E-state index in [9.17, 15) is 14.7 Å². The minimum atomic E-state index is -0.855. The van der Waals surface area contributed by atoms with Crippen LogP contribution in [0.15, 0.2) is 48.5 Å². The van der Waals surface area contributed by atoms with Gasteiger partial charge in [0.25, 0.3) is 0 Å². The molecule has 1 unspecified atom stereocenters. The van der Waals surface area contributed by atoms with Crippen molar-refractivity contribution >= 4 is 12.1 Å². The molecule has 1 atom stereocenters. The van der Waals surface area contributed by atoms with Crippen molar-refractivity contribution in [3.63, 3.8) is 0 Å². The number of hydrogen-bond acceptors (Lipinski definition) is 6. The Balaban J connectivity index is 1.86. The summed E-state index contributed by atoms with van der Waals surface area (Å²) < 4.78 is 15.0. The topological polar surface area (TPSA) is 82.1 Å². The highest BCUT2D eigenvalue weighted by atomic mass is 16.7. The van der Waals surface area contributed by atoms with E-state index in [0.717, 1.165) is 0 Å². The number of para-hydroxylation sites is 1. The lowest BCUT2D eigenvalue weighted by Crippen LogP contribution is -2.15. The summed E-state index contributed by atoms with van der Waals surface area (Å²) in [4.78, 5) is 23.3. The van der Waals surface area contributed by atoms with Gasteiger partial charge in [-0.25, -0.2) is 9.59 Å². The smallest absolute Gasteiger partial charge is 0.508 e. The summed E-state index contributed by atoms with van der Waals surface area (Å²) in [5.74, 6) is -0.206. The molecule has 0 heterocycles. The van der Waals surface area contributed by atoms with Gasteiger partial charge in [0.05, 0.1) is 12.2 Å². The van der Waals surface area contributed by atoms with Gasteiger partial charge in [-0.1, -0.05) is 25.1 Å². The maximum atomic E-state index is 11.8. The van der Waals surface area contributed by atoms with E-state index >= 15 is 0 Å². The van der Waals surface area contributed by atoms with E-state index in [1.165, 1.54) is 24.3 Å². The number of phenols is 1. The lowest BCUT2D eigenvalue weighted by atomic mass is 10.0. The van der Waals surface area contributed by atoms with Crippen molar-refractivity contribution in [2.24, 2.45) is 0 Å². The molecule has 1 N–H and O–H groups in total. The second kappa shape index (κ2) is 8.73. The molecule has 6 heteroatoms. The van der Waals surface area contributed by atoms with E-state index in [2.05, 4.69) is 0 Å². The molecule has 0 fully saturated rings. The quantitative estimate of drug-likeness (QED) is 0.632. The average molecular weight is 344 g/mol. The number of phenolic OH excluding ortho intramolecular Hbond substituents is 1. The van der Waals surface area contributed by atoms with Crippen molar-refractivity contribution < 1.29 is 28.9 Å². The molecule has 0 aromatic heterocycles. The maximum absolute atomic E-state index is 11.8. The van der Waals surface area contributed by atoms with Crippen molar-refractivity contribution in [2.75, 3.05) is 13.2 Å². The fraction of sp³-hybridized carbons (Fsp3) is 0.263. The van der Waals surface area contributed by atoms with Crippen LogP contribution >= 0.6 is 0 Å². The number of ether oxygens (including phenoxy) is 3. The van der Waals surface area contributed by atoms with E-state index in [-0.39, 0.29) is 24.0 Å². The first-order chi connectivity index (χ1) is 12.0. The Morgan fingerprint density at radius 3 is 2.36 bits per heavy atom. The fourth-order valence-electron chi connectivity index (χ4n) is 2.19. The van der Waals surface area contributed by atoms with Gasteiger partial charge in [-0.3, -0.25) is 0 Å². The third-order valence-electron chi connectivity index (χ3n) is 3.49. The van der Waals surface area contributed by atoms with Gasteiger partial charge in [-0.05, 0) is 37.3 Å². The van der Waals surface area contributed by atoms with Crippen LogP contribution in [0, 0.1) is 0 Å². The zero-order chi connectivity index (χ0) is 18.2. The van der Waals surface area contributed by atoms with Gasteiger partial charge in [0.2, 0.25) is 0 Å². The third-order valence-corrected chi connectivity index (χ3v) is 3.49. The molecule has 0 radical (unpaired) electrons. The zero-order valence-electron chi connectivity index (χ0n) is 14.1. The molecule has 0 bridgehead atoms. The summed E-state index contributed by atoms with van der Waals surface area (Å²) in [6.07, 6.45) is -0.855. The van der Waals surface area contributed by atoms with Gasteiger partial charge in [0, 0.05) is 11.5 Å². The van der Waals surface area contributed by atoms with Gasteiger partial charge in [-0.2, -0.15) is 0 Å². The van der Waals surface area contributed by atoms with Crippen LogP contribution in [-0.4, -0.2) is 30.4 Å². The van der Waals surface area contributed by atoms with Crippen molar-refractivity contribution in [3.8, 4) is 11.5 Å². The minimum Gasteiger partial charge on any atom is -0.508 e. The van der Waals surface area contributed by atoms with Crippen LogP contribution in [-0.2, 0) is 9.47 Å². The Kier molecular flexibility index (Phi) is 6.39. The van der Waals surface area contributed by atoms with Crippen molar-refractivity contribution in [2.45, 2.75) is 19.8 Å². The summed E-state index contributed by atoms with van der Waals surface area (Å²) in [5, 5.41) is 9.78. The molecule has 0 saturated heterocycles. The first-order valence-corrected chi connectivity index (χ1v) is 7.91. The number of carbonyl (C=O) groups excluding carboxylic acids is 2. The number of carbonyl (C=O) groups is 2. The highest BCUT2D eigenvalue weighted by molar-refractivity contribution is 5.89. The third kappa shape index (κ3) is 5.24. The van der Waals surface area contributed by atoms with E-state index in [1.54, 1.807) is 31.2 Å². The summed E-state index contributed by atoms with van der Waals surface area (Å²) in [6, 6.07) is 12.9. The first-order valence-electron chi connectivity index (χ1n) is 7.91. The highest BCUT2D eigenvalue weighted by Crippen LogP contribution is 2.25. The molecule has 6 nitrogen and oxygen atoms in total. The molecule has 2 rings (SSSR count). The van der Waals surface area contributed by atoms with E-state index < -0.39 is 12.1 Å². The summed E-state index contributed by atoms with van der Waals surface area (Å²) >= 11 is 0. The van der Waals surface area contributed by atoms with Crippen LogP contribution < -0.4 is 4.74 Å². The van der Waals surface area contributed by atoms with Gasteiger partial charge in [-0.15, -0.1) is 0 Å². The molecule has 0 aliphatic heterocycles. The number of hydrogen-bond donors (Lipinski definition) is 1. The molecule has 0 aliphatic carbocycles. The van der Waals surface area contributed by atoms with Crippen LogP contribution in [0.25, 0.3) is 0 Å². The Morgan fingerprint density at radius 2 is 1.72 bits per heavy atom. The SMILES string of the molecule is CCOC(=O)c1ccc(OC(=O)OCC(C)c2ccccc2O)cc1. The van der Waals surface area contributed by atoms with Crippen LogP contribution in [0.3, 0.4) is 0 Å². The standard InChI is InChI=1S/C19H20O6/c1-3-23-18(21)14-8-10-15(11-9-14)25-19(22)24-12-13(2)16-6-4-5-7-17(16)20/h4-11,13,20H,3,12H2,1-2H3. The Labute approximate surface area is 146 Å². The van der Waals surface area contributed by atoms with E-state index in [0.29, 0.717) is 17.7 Å². The van der Waals surface area contributed by atoms with Gasteiger partial charge in [0.15, 0.2) is 0 Å². The largest absolute Gasteiger partial charge is 0.513 e. The number of aromatic hydroxyl groups is 1. The fourth-order valence-corrected chi connectivity index (χ4v) is 2.19. The van der Waals surface area contributed by atoms with Crippen molar-refractivity contribution in [1.29, 1.82) is 0 Å². The zero-order valence-corrected chi connectivity index (χ0v) is 14.1. The molecule has 0 aliphatic rings. The molecule has 0 spiro atoms. The molecule has 2 aromatic rings. The predicted molar refractivity (Wildman–Crippen MR) is 90.9 cm³/mol. The van der Waals surface area contributed by atoms with E-state index in [4.69, 9.17) is 14.2 Å². The molecule has 2 aromatic carbocycles. The highest BCUT2D eigenvalue weighted by Gasteiger charge is 2.14. The van der Waals surface area contributed by atoms with Crippen molar-refractivity contribution in [1.82, 2.24) is 0 Å². The monoisotopic (exact) mass is 344 g/mol. The van der Waals surface area contributed by atoms with Gasteiger partial charge >= 0.3 is 12.1 Å². The maximum Gasteiger partial charge on any atom is 0.513 e. The Morgan fingerprint density at radius 1 is 1.04 bits per heavy atom. The summed E-state index contributed by atoms with van der Waals surface area (Å²) in [7, 11) is 0. The Bertz CT molecular complexity index is 723. The molecule has 0 saturated carbocycles. The molecular formula is C19H20O6. The first kappa shape index (κ1) is 18.3. The molecular weight excluding hydrogens is 324 g/mol. The lowest BCUT2D eigenvalue weighted by Gasteiger charge is -2.13. The summed E-state index contributed by atoms with van der Waals surface area (Å²) in [6.45, 7) is 3.91. The molecule has 0 amide bonds. The second-order valence-corrected chi connectivity index (χ2v) is 5.37.